The molecule has 1 atom stereocenters. The van der Waals surface area contributed by atoms with Gasteiger partial charge in [-0.15, -0.1) is 11.3 Å². The van der Waals surface area contributed by atoms with E-state index in [9.17, 15) is 12.6 Å². The fourth-order valence-corrected chi connectivity index (χ4v) is 7.54. The van der Waals surface area contributed by atoms with Crippen LogP contribution in [0.1, 0.15) is 16.7 Å². The molecule has 6 heteroatoms. The molecule has 146 valence electrons. The van der Waals surface area contributed by atoms with Crippen molar-refractivity contribution in [3.63, 3.8) is 0 Å². The maximum atomic E-state index is 13.1. The number of benzene rings is 3. The Morgan fingerprint density at radius 2 is 1.67 bits per heavy atom. The number of fused-ring (bicyclic) bond motifs is 3. The summed E-state index contributed by atoms with van der Waals surface area (Å²) < 4.78 is 38.8. The van der Waals surface area contributed by atoms with E-state index in [0.29, 0.717) is 16.0 Å². The molecule has 0 spiro atoms. The van der Waals surface area contributed by atoms with Crippen LogP contribution in [-0.2, 0) is 20.6 Å². The highest BCUT2D eigenvalue weighted by Crippen LogP contribution is 2.41. The molecule has 0 amide bonds. The zero-order valence-electron chi connectivity index (χ0n) is 15.5. The van der Waals surface area contributed by atoms with Crippen LogP contribution in [0.5, 0.6) is 0 Å². The maximum Gasteiger partial charge on any atom is 0.200 e. The lowest BCUT2D eigenvalue weighted by Gasteiger charge is -2.06. The van der Waals surface area contributed by atoms with Gasteiger partial charge in [-0.3, -0.25) is 0 Å². The average Bonchev–Trinajstić information content (AvgIpc) is 3.41. The molecule has 0 saturated heterocycles. The average molecular weight is 447 g/mol. The molecule has 0 radical (unpaired) electrons. The van der Waals surface area contributed by atoms with Gasteiger partial charge in [-0.2, -0.15) is 0 Å². The van der Waals surface area contributed by atoms with Crippen LogP contribution in [-0.4, -0.2) is 12.6 Å². The van der Waals surface area contributed by atoms with Crippen molar-refractivity contribution >= 4 is 59.1 Å². The predicted molar refractivity (Wildman–Crippen MR) is 124 cm³/mol. The van der Waals surface area contributed by atoms with Crippen LogP contribution in [0.4, 0.5) is 0 Å². The van der Waals surface area contributed by atoms with Crippen LogP contribution in [0, 0.1) is 0 Å². The van der Waals surface area contributed by atoms with Gasteiger partial charge in [-0.1, -0.05) is 36.4 Å². The van der Waals surface area contributed by atoms with E-state index in [1.54, 1.807) is 29.5 Å². The van der Waals surface area contributed by atoms with Gasteiger partial charge in [0.1, 0.15) is 0 Å². The van der Waals surface area contributed by atoms with Crippen molar-refractivity contribution in [3.8, 4) is 10.4 Å². The monoisotopic (exact) mass is 446 g/mol. The molecule has 1 aromatic heterocycles. The lowest BCUT2D eigenvalue weighted by molar-refractivity contribution is 0.605. The largest absolute Gasteiger partial charge is 0.249 e. The first-order chi connectivity index (χ1) is 14.5. The number of hydrogen-bond acceptors (Lipinski definition) is 4. The molecule has 6 rings (SSSR count). The van der Waals surface area contributed by atoms with Crippen LogP contribution >= 0.6 is 11.3 Å². The quantitative estimate of drug-likeness (QED) is 0.383. The molecule has 0 N–H and O–H groups in total. The summed E-state index contributed by atoms with van der Waals surface area (Å²) in [6.07, 6.45) is 3.51. The van der Waals surface area contributed by atoms with E-state index in [2.05, 4.69) is 24.3 Å². The highest BCUT2D eigenvalue weighted by atomic mass is 32.2. The van der Waals surface area contributed by atoms with Crippen molar-refractivity contribution in [1.29, 1.82) is 0 Å². The van der Waals surface area contributed by atoms with Crippen molar-refractivity contribution < 1.29 is 12.6 Å². The van der Waals surface area contributed by atoms with Gasteiger partial charge in [-0.25, -0.2) is 12.6 Å². The molecule has 0 aliphatic carbocycles. The first kappa shape index (κ1) is 18.0. The zero-order valence-corrected chi connectivity index (χ0v) is 18.0. The van der Waals surface area contributed by atoms with E-state index in [1.807, 2.05) is 36.4 Å². The van der Waals surface area contributed by atoms with E-state index in [1.165, 1.54) is 20.4 Å². The van der Waals surface area contributed by atoms with E-state index < -0.39 is 20.6 Å². The van der Waals surface area contributed by atoms with Crippen molar-refractivity contribution in [2.45, 2.75) is 9.79 Å². The Kier molecular flexibility index (Phi) is 3.81. The zero-order chi connectivity index (χ0) is 20.5. The molecule has 3 aromatic carbocycles. The molecule has 0 saturated carbocycles. The van der Waals surface area contributed by atoms with Gasteiger partial charge in [-0.05, 0) is 70.1 Å². The molecule has 0 bridgehead atoms. The van der Waals surface area contributed by atoms with Gasteiger partial charge in [0.15, 0.2) is 9.84 Å². The molecule has 3 nitrogen and oxygen atoms in total. The third-order valence-electron chi connectivity index (χ3n) is 5.44. The molecule has 2 aliphatic heterocycles. The SMILES string of the molecule is O=S1C(c2ccc3c(c2)S(=O)(=O)C=C3)=Cc2cc(-c3cc4ccccc4s3)ccc21. The minimum Gasteiger partial charge on any atom is -0.249 e. The Bertz CT molecular complexity index is 1540. The van der Waals surface area contributed by atoms with Gasteiger partial charge in [0.25, 0.3) is 0 Å². The molecular weight excluding hydrogens is 432 g/mol. The second kappa shape index (κ2) is 6.35. The van der Waals surface area contributed by atoms with E-state index in [-0.39, 0.29) is 4.90 Å². The standard InChI is InChI=1S/C24H14O3S3/c25-29-22-8-7-17(21-12-16-3-1-2-4-20(16)28-21)11-19(22)13-23(29)18-6-5-15-9-10-30(26,27)24(15)14-18/h1-14H. The lowest BCUT2D eigenvalue weighted by atomic mass is 10.1. The Hall–Kier alpha value is -2.80. The number of rotatable bonds is 2. The molecule has 0 fully saturated rings. The molecule has 2 aliphatic rings. The summed E-state index contributed by atoms with van der Waals surface area (Å²) in [6.45, 7) is 0. The Morgan fingerprint density at radius 3 is 2.53 bits per heavy atom. The second-order valence-electron chi connectivity index (χ2n) is 7.28. The van der Waals surface area contributed by atoms with Crippen LogP contribution < -0.4 is 0 Å². The van der Waals surface area contributed by atoms with Gasteiger partial charge < -0.3 is 0 Å². The summed E-state index contributed by atoms with van der Waals surface area (Å²) in [6, 6.07) is 21.7. The van der Waals surface area contributed by atoms with Gasteiger partial charge in [0.2, 0.25) is 0 Å². The first-order valence-electron chi connectivity index (χ1n) is 9.34. The Labute approximate surface area is 180 Å². The third-order valence-corrected chi connectivity index (χ3v) is 9.59. The predicted octanol–water partition coefficient (Wildman–Crippen LogP) is 5.95. The molecule has 1 unspecified atom stereocenters. The second-order valence-corrected chi connectivity index (χ2v) is 11.6. The molecular formula is C24H14O3S3. The molecule has 4 aromatic rings. The fourth-order valence-electron chi connectivity index (χ4n) is 3.92. The normalized spacial score (nSPS) is 18.4. The maximum absolute atomic E-state index is 13.1. The molecule has 30 heavy (non-hydrogen) atoms. The highest BCUT2D eigenvalue weighted by molar-refractivity contribution is 7.95. The Morgan fingerprint density at radius 1 is 0.833 bits per heavy atom. The summed E-state index contributed by atoms with van der Waals surface area (Å²) in [4.78, 5) is 2.85. The topological polar surface area (TPSA) is 51.2 Å². The van der Waals surface area contributed by atoms with Gasteiger partial charge >= 0.3 is 0 Å². The summed E-state index contributed by atoms with van der Waals surface area (Å²) in [5, 5.41) is 2.43. The number of thiophene rings is 1. The smallest absolute Gasteiger partial charge is 0.200 e. The Balaban J connectivity index is 1.43. The van der Waals surface area contributed by atoms with Crippen LogP contribution in [0.15, 0.2) is 81.9 Å². The minimum absolute atomic E-state index is 0.278. The van der Waals surface area contributed by atoms with Crippen LogP contribution in [0.3, 0.4) is 0 Å². The summed E-state index contributed by atoms with van der Waals surface area (Å²) in [5.74, 6) is 0. The number of sulfone groups is 1. The van der Waals surface area contributed by atoms with Crippen molar-refractivity contribution in [2.24, 2.45) is 0 Å². The molecule has 3 heterocycles. The third kappa shape index (κ3) is 2.68. The van der Waals surface area contributed by atoms with Crippen molar-refractivity contribution in [1.82, 2.24) is 0 Å². The van der Waals surface area contributed by atoms with E-state index in [0.717, 1.165) is 16.0 Å². The van der Waals surface area contributed by atoms with E-state index >= 15 is 0 Å². The summed E-state index contributed by atoms with van der Waals surface area (Å²) >= 11 is 1.74. The highest BCUT2D eigenvalue weighted by Gasteiger charge is 2.26. The minimum atomic E-state index is -3.40. The summed E-state index contributed by atoms with van der Waals surface area (Å²) in [5.41, 5.74) is 3.36. The van der Waals surface area contributed by atoms with E-state index in [4.69, 9.17) is 0 Å². The van der Waals surface area contributed by atoms with Crippen molar-refractivity contribution in [3.05, 3.63) is 88.8 Å². The van der Waals surface area contributed by atoms with Crippen molar-refractivity contribution in [2.75, 3.05) is 0 Å². The number of hydrogen-bond donors (Lipinski definition) is 0. The van der Waals surface area contributed by atoms with Crippen LogP contribution in [0.2, 0.25) is 0 Å². The lowest BCUT2D eigenvalue weighted by Crippen LogP contribution is -1.97. The van der Waals surface area contributed by atoms with Gasteiger partial charge in [0.05, 0.1) is 25.5 Å². The summed E-state index contributed by atoms with van der Waals surface area (Å²) in [7, 11) is -4.74. The first-order valence-corrected chi connectivity index (χ1v) is 12.8. The fraction of sp³-hybridized carbons (Fsp3) is 0. The van der Waals surface area contributed by atoms with Gasteiger partial charge in [0, 0.05) is 15.0 Å². The van der Waals surface area contributed by atoms with Crippen LogP contribution in [0.25, 0.3) is 37.6 Å².